The average Bonchev–Trinajstić information content (AvgIpc) is 2.69. The van der Waals surface area contributed by atoms with Gasteiger partial charge < -0.3 is 20.3 Å². The number of ether oxygens (including phenoxy) is 1. The monoisotopic (exact) mass is 370 g/mol. The number of carbonyl (C=O) groups is 3. The van der Waals surface area contributed by atoms with Crippen LogP contribution in [0.1, 0.15) is 5.56 Å². The highest BCUT2D eigenvalue weighted by molar-refractivity contribution is 9.10. The zero-order chi connectivity index (χ0) is 16.4. The standard InChI is InChI=1S/C13H11BrN2O6/c1-22-9-4-7(14)2-6(11(9)19)3-8-12(20)16(5-10(17)18)13(21)15-8/h2-4,19H,5H2,1H3,(H,15,21)(H,17,18)/b8-3+. The highest BCUT2D eigenvalue weighted by Gasteiger charge is 2.35. The van der Waals surface area contributed by atoms with E-state index in [0.29, 0.717) is 9.37 Å². The Bertz CT molecular complexity index is 700. The third kappa shape index (κ3) is 3.03. The lowest BCUT2D eigenvalue weighted by Crippen LogP contribution is -2.35. The van der Waals surface area contributed by atoms with Gasteiger partial charge in [-0.25, -0.2) is 9.69 Å². The quantitative estimate of drug-likeness (QED) is 0.540. The molecule has 0 aromatic heterocycles. The maximum Gasteiger partial charge on any atom is 0.329 e. The van der Waals surface area contributed by atoms with E-state index in [1.54, 1.807) is 0 Å². The smallest absolute Gasteiger partial charge is 0.329 e. The van der Waals surface area contributed by atoms with Crippen molar-refractivity contribution in [2.75, 3.05) is 13.7 Å². The zero-order valence-electron chi connectivity index (χ0n) is 11.3. The number of carboxylic acids is 1. The van der Waals surface area contributed by atoms with Crippen LogP contribution in [0, 0.1) is 0 Å². The third-order valence-corrected chi connectivity index (χ3v) is 3.30. The minimum absolute atomic E-state index is 0.137. The van der Waals surface area contributed by atoms with Crippen LogP contribution < -0.4 is 10.1 Å². The molecule has 0 spiro atoms. The van der Waals surface area contributed by atoms with Crippen LogP contribution in [0.5, 0.6) is 11.5 Å². The van der Waals surface area contributed by atoms with Gasteiger partial charge in [0.2, 0.25) is 0 Å². The molecule has 0 atom stereocenters. The molecule has 0 bridgehead atoms. The topological polar surface area (TPSA) is 116 Å². The molecule has 3 N–H and O–H groups in total. The van der Waals surface area contributed by atoms with Crippen LogP contribution in [0.3, 0.4) is 0 Å². The van der Waals surface area contributed by atoms with Gasteiger partial charge in [0.15, 0.2) is 11.5 Å². The first-order valence-corrected chi connectivity index (χ1v) is 6.75. The highest BCUT2D eigenvalue weighted by Crippen LogP contribution is 2.35. The van der Waals surface area contributed by atoms with Gasteiger partial charge in [-0.05, 0) is 18.2 Å². The number of urea groups is 1. The predicted molar refractivity (Wildman–Crippen MR) is 78.2 cm³/mol. The van der Waals surface area contributed by atoms with E-state index < -0.39 is 24.5 Å². The molecule has 1 aliphatic rings. The van der Waals surface area contributed by atoms with Gasteiger partial charge in [0, 0.05) is 10.0 Å². The molecule has 22 heavy (non-hydrogen) atoms. The largest absolute Gasteiger partial charge is 0.504 e. The summed E-state index contributed by atoms with van der Waals surface area (Å²) in [7, 11) is 1.37. The Morgan fingerprint density at radius 1 is 1.45 bits per heavy atom. The van der Waals surface area contributed by atoms with E-state index in [2.05, 4.69) is 21.2 Å². The summed E-state index contributed by atoms with van der Waals surface area (Å²) >= 11 is 3.23. The number of phenolic OH excluding ortho intramolecular Hbond substituents is 1. The molecule has 0 unspecified atom stereocenters. The molecule has 3 amide bonds. The number of hydrogen-bond acceptors (Lipinski definition) is 5. The minimum Gasteiger partial charge on any atom is -0.504 e. The van der Waals surface area contributed by atoms with Crippen LogP contribution in [0.15, 0.2) is 22.3 Å². The second-order valence-electron chi connectivity index (χ2n) is 4.32. The summed E-state index contributed by atoms with van der Waals surface area (Å²) in [5.74, 6) is -2.13. The van der Waals surface area contributed by atoms with Crippen LogP contribution in [0.25, 0.3) is 6.08 Å². The number of methoxy groups -OCH3 is 1. The fraction of sp³-hybridized carbons (Fsp3) is 0.154. The molecule has 0 aliphatic carbocycles. The molecule has 1 heterocycles. The summed E-state index contributed by atoms with van der Waals surface area (Å²) in [6.45, 7) is -0.740. The number of carboxylic acid groups (broad SMARTS) is 1. The summed E-state index contributed by atoms with van der Waals surface area (Å²) in [4.78, 5) is 34.8. The van der Waals surface area contributed by atoms with Gasteiger partial charge in [0.1, 0.15) is 12.2 Å². The second kappa shape index (κ2) is 6.06. The van der Waals surface area contributed by atoms with Crippen LogP contribution >= 0.6 is 15.9 Å². The number of rotatable bonds is 4. The number of benzene rings is 1. The average molecular weight is 371 g/mol. The van der Waals surface area contributed by atoms with Gasteiger partial charge in [0.05, 0.1) is 7.11 Å². The molecule has 1 fully saturated rings. The van der Waals surface area contributed by atoms with Crippen LogP contribution in [-0.4, -0.2) is 46.7 Å². The molecule has 1 aliphatic heterocycles. The fourth-order valence-corrected chi connectivity index (χ4v) is 2.32. The summed E-state index contributed by atoms with van der Waals surface area (Å²) in [5, 5.41) is 21.0. The molecule has 0 radical (unpaired) electrons. The maximum absolute atomic E-state index is 12.0. The third-order valence-electron chi connectivity index (χ3n) is 2.84. The number of imide groups is 1. The van der Waals surface area contributed by atoms with Crippen molar-refractivity contribution < 1.29 is 29.3 Å². The Kier molecular flexibility index (Phi) is 4.36. The Morgan fingerprint density at radius 2 is 2.14 bits per heavy atom. The molecule has 8 nitrogen and oxygen atoms in total. The fourth-order valence-electron chi connectivity index (χ4n) is 1.87. The number of phenols is 1. The van der Waals surface area contributed by atoms with Crippen LogP contribution in [-0.2, 0) is 9.59 Å². The number of halogens is 1. The van der Waals surface area contributed by atoms with Crippen molar-refractivity contribution in [3.63, 3.8) is 0 Å². The van der Waals surface area contributed by atoms with Crippen molar-refractivity contribution in [1.29, 1.82) is 0 Å². The van der Waals surface area contributed by atoms with Crippen molar-refractivity contribution >= 4 is 39.9 Å². The van der Waals surface area contributed by atoms with Gasteiger partial charge in [-0.15, -0.1) is 0 Å². The molecule has 1 aromatic rings. The van der Waals surface area contributed by atoms with Crippen LogP contribution in [0.4, 0.5) is 4.79 Å². The molecular weight excluding hydrogens is 360 g/mol. The Labute approximate surface area is 133 Å². The lowest BCUT2D eigenvalue weighted by atomic mass is 10.1. The first kappa shape index (κ1) is 15.8. The number of aromatic hydroxyl groups is 1. The van der Waals surface area contributed by atoms with E-state index in [1.807, 2.05) is 0 Å². The van der Waals surface area contributed by atoms with E-state index in [-0.39, 0.29) is 22.8 Å². The summed E-state index contributed by atoms with van der Waals surface area (Å²) in [6, 6.07) is 2.22. The maximum atomic E-state index is 12.0. The molecule has 1 aromatic carbocycles. The molecular formula is C13H11BrN2O6. The van der Waals surface area contributed by atoms with Crippen molar-refractivity contribution in [1.82, 2.24) is 10.2 Å². The normalized spacial score (nSPS) is 16.1. The molecule has 116 valence electrons. The molecule has 9 heteroatoms. The summed E-state index contributed by atoms with van der Waals surface area (Å²) < 4.78 is 5.57. The lowest BCUT2D eigenvalue weighted by Gasteiger charge is -2.08. The summed E-state index contributed by atoms with van der Waals surface area (Å²) in [5.41, 5.74) is 0.0914. The zero-order valence-corrected chi connectivity index (χ0v) is 12.9. The summed E-state index contributed by atoms with van der Waals surface area (Å²) in [6.07, 6.45) is 1.24. The molecule has 2 rings (SSSR count). The van der Waals surface area contributed by atoms with Crippen LogP contribution in [0.2, 0.25) is 0 Å². The Hall–Kier alpha value is -2.55. The van der Waals surface area contributed by atoms with E-state index in [9.17, 15) is 19.5 Å². The first-order valence-electron chi connectivity index (χ1n) is 5.96. The molecule has 0 saturated carbocycles. The highest BCUT2D eigenvalue weighted by atomic mass is 79.9. The second-order valence-corrected chi connectivity index (χ2v) is 5.23. The lowest BCUT2D eigenvalue weighted by molar-refractivity contribution is -0.140. The van der Waals surface area contributed by atoms with Gasteiger partial charge >= 0.3 is 12.0 Å². The Balaban J connectivity index is 2.39. The van der Waals surface area contributed by atoms with Crippen molar-refractivity contribution in [3.05, 3.63) is 27.9 Å². The van der Waals surface area contributed by atoms with E-state index in [4.69, 9.17) is 9.84 Å². The van der Waals surface area contributed by atoms with Gasteiger partial charge in [-0.2, -0.15) is 0 Å². The van der Waals surface area contributed by atoms with Gasteiger partial charge in [-0.1, -0.05) is 15.9 Å². The van der Waals surface area contributed by atoms with Crippen molar-refractivity contribution in [2.24, 2.45) is 0 Å². The minimum atomic E-state index is -1.31. The van der Waals surface area contributed by atoms with Crippen molar-refractivity contribution in [2.45, 2.75) is 0 Å². The number of carbonyl (C=O) groups excluding carboxylic acids is 2. The van der Waals surface area contributed by atoms with E-state index >= 15 is 0 Å². The van der Waals surface area contributed by atoms with Gasteiger partial charge in [0.25, 0.3) is 5.91 Å². The molecule has 1 saturated heterocycles. The number of nitrogens with one attached hydrogen (secondary N) is 1. The van der Waals surface area contributed by atoms with Gasteiger partial charge in [-0.3, -0.25) is 9.59 Å². The van der Waals surface area contributed by atoms with Crippen molar-refractivity contribution in [3.8, 4) is 11.5 Å². The number of hydrogen-bond donors (Lipinski definition) is 3. The first-order chi connectivity index (χ1) is 10.3. The number of nitrogens with zero attached hydrogens (tertiary/aromatic N) is 1. The van der Waals surface area contributed by atoms with E-state index in [0.717, 1.165) is 0 Å². The number of amides is 3. The van der Waals surface area contributed by atoms with E-state index in [1.165, 1.54) is 25.3 Å². The predicted octanol–water partition coefficient (Wildman–Crippen LogP) is 1.14. The SMILES string of the molecule is COc1cc(Br)cc(/C=C2/NC(=O)N(CC(=O)O)C2=O)c1O. The Morgan fingerprint density at radius 3 is 2.73 bits per heavy atom. The number of aliphatic carboxylic acids is 1.